The summed E-state index contributed by atoms with van der Waals surface area (Å²) >= 11 is 0. The fourth-order valence-electron chi connectivity index (χ4n) is 4.49. The van der Waals surface area contributed by atoms with Gasteiger partial charge in [0.1, 0.15) is 0 Å². The molecular weight excluding hydrogens is 484 g/mol. The molecule has 1 aliphatic rings. The van der Waals surface area contributed by atoms with E-state index in [2.05, 4.69) is 28.2 Å². The Kier molecular flexibility index (Phi) is 8.41. The van der Waals surface area contributed by atoms with Gasteiger partial charge in [-0.1, -0.05) is 49.4 Å². The topological polar surface area (TPSA) is 86.9 Å². The first-order valence-corrected chi connectivity index (χ1v) is 11.0. The van der Waals surface area contributed by atoms with Gasteiger partial charge in [-0.15, -0.1) is 0 Å². The van der Waals surface area contributed by atoms with Crippen LogP contribution < -0.4 is 10.6 Å². The van der Waals surface area contributed by atoms with Gasteiger partial charge in [-0.2, -0.15) is 0 Å². The van der Waals surface area contributed by atoms with Crippen molar-refractivity contribution in [3.63, 3.8) is 0 Å². The number of para-hydroxylation sites is 1. The maximum atomic E-state index is 13.4. The number of Topliss-reactive ketones (excluding diaryl/α,β-unsaturated/α-hetero) is 1. The minimum atomic E-state index is -0.675. The van der Waals surface area contributed by atoms with E-state index in [-0.39, 0.29) is 32.8 Å². The second-order valence-corrected chi connectivity index (χ2v) is 8.11. The molecule has 32 heavy (non-hydrogen) atoms. The molecule has 0 bridgehead atoms. The SMILES string of the molecule is CCNCCNCC1CCc2c(c3ccccc3n2Cc2ccc(C([NH-])=O)cc2)C1=O.[Mo]. The number of ketones is 1. The Morgan fingerprint density at radius 3 is 2.53 bits per heavy atom. The van der Waals surface area contributed by atoms with Gasteiger partial charge in [-0.05, 0) is 36.6 Å². The molecule has 1 aromatic heterocycles. The third kappa shape index (κ3) is 5.03. The molecule has 1 unspecified atom stereocenters. The van der Waals surface area contributed by atoms with Crippen LogP contribution in [0.25, 0.3) is 16.6 Å². The van der Waals surface area contributed by atoms with E-state index in [9.17, 15) is 9.59 Å². The van der Waals surface area contributed by atoms with Gasteiger partial charge in [0.15, 0.2) is 5.78 Å². The van der Waals surface area contributed by atoms with Crippen molar-refractivity contribution in [2.75, 3.05) is 26.2 Å². The molecule has 1 aliphatic carbocycles. The van der Waals surface area contributed by atoms with Gasteiger partial charge in [-0.3, -0.25) is 4.79 Å². The molecule has 1 amide bonds. The quantitative estimate of drug-likeness (QED) is 0.337. The molecule has 168 valence electrons. The van der Waals surface area contributed by atoms with Crippen LogP contribution in [-0.4, -0.2) is 42.4 Å². The summed E-state index contributed by atoms with van der Waals surface area (Å²) in [7, 11) is 0. The maximum absolute atomic E-state index is 13.4. The Labute approximate surface area is 203 Å². The first kappa shape index (κ1) is 24.4. The van der Waals surface area contributed by atoms with E-state index in [0.717, 1.165) is 60.2 Å². The van der Waals surface area contributed by atoms with Crippen LogP contribution in [0, 0.1) is 5.92 Å². The van der Waals surface area contributed by atoms with Gasteiger partial charge in [-0.25, -0.2) is 0 Å². The Hall–Kier alpha value is -2.27. The van der Waals surface area contributed by atoms with E-state index in [4.69, 9.17) is 5.73 Å². The van der Waals surface area contributed by atoms with Crippen LogP contribution >= 0.6 is 0 Å². The number of hydrogen-bond donors (Lipinski definition) is 2. The average molecular weight is 513 g/mol. The van der Waals surface area contributed by atoms with Crippen LogP contribution in [0.2, 0.25) is 0 Å². The molecule has 0 fully saturated rings. The molecule has 1 atom stereocenters. The summed E-state index contributed by atoms with van der Waals surface area (Å²) in [6.07, 6.45) is 1.72. The molecule has 2 aromatic carbocycles. The predicted molar refractivity (Wildman–Crippen MR) is 124 cm³/mol. The van der Waals surface area contributed by atoms with Crippen molar-refractivity contribution < 1.29 is 30.7 Å². The molecule has 0 saturated heterocycles. The van der Waals surface area contributed by atoms with Crippen LogP contribution in [0.15, 0.2) is 48.5 Å². The van der Waals surface area contributed by atoms with Crippen LogP contribution in [0.5, 0.6) is 0 Å². The monoisotopic (exact) mass is 515 g/mol. The van der Waals surface area contributed by atoms with Gasteiger partial charge in [0.25, 0.3) is 0 Å². The first-order chi connectivity index (χ1) is 15.1. The van der Waals surface area contributed by atoms with Crippen molar-refractivity contribution in [3.05, 3.63) is 76.6 Å². The third-order valence-corrected chi connectivity index (χ3v) is 6.10. The number of rotatable bonds is 9. The van der Waals surface area contributed by atoms with Crippen molar-refractivity contribution in [1.82, 2.24) is 15.2 Å². The standard InChI is InChI=1S/C25H30N4O2.Mo/c1-2-27-13-14-28-15-19-11-12-22-23(24(19)30)20-5-3-4-6-21(20)29(22)16-17-7-9-18(10-8-17)25(26)31;/h3-10,19,27-28H,2,11-16H2,1H3,(H2,26,31);/p-1. The summed E-state index contributed by atoms with van der Waals surface area (Å²) in [6, 6.07) is 15.3. The second kappa shape index (κ2) is 11.0. The molecule has 6 nitrogen and oxygen atoms in total. The number of aromatic nitrogens is 1. The molecule has 3 N–H and O–H groups in total. The maximum Gasteiger partial charge on any atom is 0.169 e. The molecule has 1 heterocycles. The summed E-state index contributed by atoms with van der Waals surface area (Å²) in [4.78, 5) is 24.7. The zero-order valence-corrected chi connectivity index (χ0v) is 20.3. The summed E-state index contributed by atoms with van der Waals surface area (Å²) in [5.41, 5.74) is 11.7. The largest absolute Gasteiger partial charge is 0.664 e. The Bertz CT molecular complexity index is 1090. The van der Waals surface area contributed by atoms with E-state index in [1.807, 2.05) is 30.3 Å². The van der Waals surface area contributed by atoms with E-state index in [1.165, 1.54) is 0 Å². The molecule has 4 rings (SSSR count). The van der Waals surface area contributed by atoms with Crippen molar-refractivity contribution in [1.29, 1.82) is 0 Å². The number of carbonyl (C=O) groups is 2. The fraction of sp³-hybridized carbons (Fsp3) is 0.360. The zero-order valence-electron chi connectivity index (χ0n) is 18.3. The smallest absolute Gasteiger partial charge is 0.169 e. The number of hydrogen-bond acceptors (Lipinski definition) is 4. The number of carbonyl (C=O) groups excluding carboxylic acids is 2. The van der Waals surface area contributed by atoms with E-state index < -0.39 is 5.91 Å². The Morgan fingerprint density at radius 2 is 1.81 bits per heavy atom. The summed E-state index contributed by atoms with van der Waals surface area (Å²) in [6.45, 7) is 6.17. The van der Waals surface area contributed by atoms with E-state index in [0.29, 0.717) is 18.7 Å². The Morgan fingerprint density at radius 1 is 1.09 bits per heavy atom. The van der Waals surface area contributed by atoms with Crippen molar-refractivity contribution in [2.45, 2.75) is 26.3 Å². The molecule has 0 radical (unpaired) electrons. The molecule has 0 aliphatic heterocycles. The minimum absolute atomic E-state index is 0. The number of nitrogens with zero attached hydrogens (tertiary/aromatic N) is 1. The van der Waals surface area contributed by atoms with Crippen LogP contribution in [-0.2, 0) is 34.0 Å². The molecule has 7 heteroatoms. The number of benzene rings is 2. The molecule has 3 aromatic rings. The number of likely N-dealkylation sites (N-methyl/N-ethyl adjacent to an activating group) is 1. The van der Waals surface area contributed by atoms with Crippen molar-refractivity contribution in [3.8, 4) is 0 Å². The van der Waals surface area contributed by atoms with E-state index in [1.54, 1.807) is 12.1 Å². The van der Waals surface area contributed by atoms with Crippen molar-refractivity contribution >= 4 is 22.6 Å². The fourth-order valence-corrected chi connectivity index (χ4v) is 4.49. The van der Waals surface area contributed by atoms with Crippen LogP contribution in [0.3, 0.4) is 0 Å². The predicted octanol–water partition coefficient (Wildman–Crippen LogP) is 3.82. The number of amides is 1. The second-order valence-electron chi connectivity index (χ2n) is 8.11. The number of fused-ring (bicyclic) bond motifs is 3. The molecule has 0 saturated carbocycles. The third-order valence-electron chi connectivity index (χ3n) is 6.10. The molecular formula is C25H29MoN4O2-. The van der Waals surface area contributed by atoms with Gasteiger partial charge in [0.2, 0.25) is 0 Å². The Balaban J connectivity index is 0.00000289. The van der Waals surface area contributed by atoms with Gasteiger partial charge in [0, 0.05) is 75.3 Å². The summed E-state index contributed by atoms with van der Waals surface area (Å²) in [5, 5.41) is 7.75. The number of nitrogens with one attached hydrogen (secondary N) is 3. The van der Waals surface area contributed by atoms with Gasteiger partial charge < -0.3 is 25.7 Å². The normalized spacial score (nSPS) is 15.4. The minimum Gasteiger partial charge on any atom is -0.664 e. The van der Waals surface area contributed by atoms with Gasteiger partial charge in [0.05, 0.1) is 5.91 Å². The van der Waals surface area contributed by atoms with Crippen LogP contribution in [0.1, 0.15) is 45.3 Å². The zero-order chi connectivity index (χ0) is 21.8. The summed E-state index contributed by atoms with van der Waals surface area (Å²) < 4.78 is 2.24. The van der Waals surface area contributed by atoms with E-state index >= 15 is 0 Å². The molecule has 0 spiro atoms. The van der Waals surface area contributed by atoms with Gasteiger partial charge >= 0.3 is 0 Å². The summed E-state index contributed by atoms with van der Waals surface area (Å²) in [5.74, 6) is -0.427. The first-order valence-electron chi connectivity index (χ1n) is 11.0. The average Bonchev–Trinajstić information content (AvgIpc) is 3.09. The van der Waals surface area contributed by atoms with Crippen molar-refractivity contribution in [2.24, 2.45) is 5.92 Å². The van der Waals surface area contributed by atoms with Crippen LogP contribution in [0.4, 0.5) is 0 Å².